The highest BCUT2D eigenvalue weighted by Crippen LogP contribution is 2.31. The predicted octanol–water partition coefficient (Wildman–Crippen LogP) is 4.92. The fraction of sp³-hybridized carbons (Fsp3) is 0.238. The number of alkyl halides is 3. The van der Waals surface area contributed by atoms with E-state index in [2.05, 4.69) is 10.5 Å². The Morgan fingerprint density at radius 3 is 2.50 bits per heavy atom. The first-order chi connectivity index (χ1) is 13.3. The van der Waals surface area contributed by atoms with Gasteiger partial charge in [-0.2, -0.15) is 13.2 Å². The van der Waals surface area contributed by atoms with E-state index in [1.165, 1.54) is 24.5 Å². The average Bonchev–Trinajstić information content (AvgIpc) is 3.13. The SMILES string of the molecule is Cc1ccc(-c2nocc2CCC(=O)NCc2ccccc2C(F)(F)F)cc1. The lowest BCUT2D eigenvalue weighted by molar-refractivity contribution is -0.138. The van der Waals surface area contributed by atoms with Crippen LogP contribution in [0.5, 0.6) is 0 Å². The number of carbonyl (C=O) groups is 1. The monoisotopic (exact) mass is 388 g/mol. The van der Waals surface area contributed by atoms with Crippen molar-refractivity contribution in [2.45, 2.75) is 32.5 Å². The zero-order chi connectivity index (χ0) is 20.1. The molecule has 0 unspecified atom stereocenters. The summed E-state index contributed by atoms with van der Waals surface area (Å²) in [6.45, 7) is 1.80. The van der Waals surface area contributed by atoms with Crippen LogP contribution in [0.1, 0.15) is 28.7 Å². The summed E-state index contributed by atoms with van der Waals surface area (Å²) in [5, 5.41) is 6.55. The summed E-state index contributed by atoms with van der Waals surface area (Å²) < 4.78 is 44.1. The van der Waals surface area contributed by atoms with E-state index in [9.17, 15) is 18.0 Å². The van der Waals surface area contributed by atoms with Crippen LogP contribution < -0.4 is 5.32 Å². The van der Waals surface area contributed by atoms with E-state index in [1.807, 2.05) is 31.2 Å². The van der Waals surface area contributed by atoms with Gasteiger partial charge in [-0.15, -0.1) is 0 Å². The van der Waals surface area contributed by atoms with Gasteiger partial charge in [0.05, 0.1) is 5.56 Å². The van der Waals surface area contributed by atoms with Crippen molar-refractivity contribution in [1.29, 1.82) is 0 Å². The maximum Gasteiger partial charge on any atom is 0.416 e. The van der Waals surface area contributed by atoms with Crippen molar-refractivity contribution in [1.82, 2.24) is 10.5 Å². The molecule has 2 aromatic carbocycles. The second-order valence-corrected chi connectivity index (χ2v) is 6.49. The predicted molar refractivity (Wildman–Crippen MR) is 98.3 cm³/mol. The highest BCUT2D eigenvalue weighted by atomic mass is 19.4. The smallest absolute Gasteiger partial charge is 0.364 e. The van der Waals surface area contributed by atoms with Crippen LogP contribution in [-0.2, 0) is 23.9 Å². The molecule has 3 rings (SSSR count). The van der Waals surface area contributed by atoms with Crippen LogP contribution in [0.3, 0.4) is 0 Å². The van der Waals surface area contributed by atoms with E-state index in [4.69, 9.17) is 4.52 Å². The number of halogens is 3. The molecule has 0 saturated heterocycles. The lowest BCUT2D eigenvalue weighted by Gasteiger charge is -2.13. The molecule has 146 valence electrons. The maximum atomic E-state index is 13.0. The van der Waals surface area contributed by atoms with Gasteiger partial charge in [0.15, 0.2) is 0 Å². The Kier molecular flexibility index (Phi) is 5.82. The number of amides is 1. The van der Waals surface area contributed by atoms with Gasteiger partial charge >= 0.3 is 6.18 Å². The Balaban J connectivity index is 1.59. The summed E-state index contributed by atoms with van der Waals surface area (Å²) in [6, 6.07) is 13.0. The summed E-state index contributed by atoms with van der Waals surface area (Å²) in [7, 11) is 0. The topological polar surface area (TPSA) is 55.1 Å². The fourth-order valence-electron chi connectivity index (χ4n) is 2.87. The Hall–Kier alpha value is -3.09. The largest absolute Gasteiger partial charge is 0.416 e. The number of aromatic nitrogens is 1. The summed E-state index contributed by atoms with van der Waals surface area (Å²) in [6.07, 6.45) is -2.47. The molecule has 0 fully saturated rings. The van der Waals surface area contributed by atoms with Crippen LogP contribution in [0.2, 0.25) is 0 Å². The molecule has 0 bridgehead atoms. The van der Waals surface area contributed by atoms with Crippen LogP contribution in [0.25, 0.3) is 11.3 Å². The van der Waals surface area contributed by atoms with Crippen LogP contribution >= 0.6 is 0 Å². The third kappa shape index (κ3) is 4.79. The molecule has 7 heteroatoms. The first-order valence-electron chi connectivity index (χ1n) is 8.76. The normalized spacial score (nSPS) is 11.4. The summed E-state index contributed by atoms with van der Waals surface area (Å²) in [5.74, 6) is -0.340. The number of benzene rings is 2. The molecule has 28 heavy (non-hydrogen) atoms. The van der Waals surface area contributed by atoms with E-state index >= 15 is 0 Å². The van der Waals surface area contributed by atoms with E-state index in [0.717, 1.165) is 22.8 Å². The number of hydrogen-bond acceptors (Lipinski definition) is 3. The Morgan fingerprint density at radius 1 is 1.07 bits per heavy atom. The maximum absolute atomic E-state index is 13.0. The highest BCUT2D eigenvalue weighted by Gasteiger charge is 2.32. The van der Waals surface area contributed by atoms with Gasteiger partial charge in [-0.25, -0.2) is 0 Å². The zero-order valence-electron chi connectivity index (χ0n) is 15.2. The molecule has 1 heterocycles. The summed E-state index contributed by atoms with van der Waals surface area (Å²) >= 11 is 0. The standard InChI is InChI=1S/C21H19F3N2O2/c1-14-6-8-15(9-7-14)20-17(13-28-26-20)10-11-19(27)25-12-16-4-2-3-5-18(16)21(22,23)24/h2-9,13H,10-12H2,1H3,(H,25,27). The minimum Gasteiger partial charge on any atom is -0.364 e. The average molecular weight is 388 g/mol. The van der Waals surface area contributed by atoms with Crippen LogP contribution in [0.4, 0.5) is 13.2 Å². The molecule has 3 aromatic rings. The van der Waals surface area contributed by atoms with Crippen molar-refractivity contribution in [3.8, 4) is 11.3 Å². The number of nitrogens with one attached hydrogen (secondary N) is 1. The summed E-state index contributed by atoms with van der Waals surface area (Å²) in [5.41, 5.74) is 2.73. The van der Waals surface area contributed by atoms with Gasteiger partial charge in [-0.1, -0.05) is 53.2 Å². The summed E-state index contributed by atoms with van der Waals surface area (Å²) in [4.78, 5) is 12.1. The van der Waals surface area contributed by atoms with Crippen molar-refractivity contribution in [2.24, 2.45) is 0 Å². The molecule has 0 aliphatic heterocycles. The first-order valence-corrected chi connectivity index (χ1v) is 8.76. The van der Waals surface area contributed by atoms with Crippen molar-refractivity contribution in [2.75, 3.05) is 0 Å². The van der Waals surface area contributed by atoms with Gasteiger partial charge in [-0.05, 0) is 25.0 Å². The number of hydrogen-bond donors (Lipinski definition) is 1. The van der Waals surface area contributed by atoms with Crippen molar-refractivity contribution < 1.29 is 22.5 Å². The highest BCUT2D eigenvalue weighted by molar-refractivity contribution is 5.76. The van der Waals surface area contributed by atoms with Crippen molar-refractivity contribution >= 4 is 5.91 Å². The van der Waals surface area contributed by atoms with Gasteiger partial charge < -0.3 is 9.84 Å². The number of aryl methyl sites for hydroxylation is 2. The Bertz CT molecular complexity index is 947. The minimum absolute atomic E-state index is 0.0358. The molecule has 0 spiro atoms. The van der Waals surface area contributed by atoms with Crippen molar-refractivity contribution in [3.05, 3.63) is 77.0 Å². The quantitative estimate of drug-likeness (QED) is 0.652. The van der Waals surface area contributed by atoms with Gasteiger partial charge in [0.25, 0.3) is 0 Å². The van der Waals surface area contributed by atoms with E-state index < -0.39 is 11.7 Å². The molecule has 0 radical (unpaired) electrons. The lowest BCUT2D eigenvalue weighted by atomic mass is 10.0. The molecular weight excluding hydrogens is 369 g/mol. The Morgan fingerprint density at radius 2 is 1.79 bits per heavy atom. The Labute approximate surface area is 160 Å². The number of nitrogens with zero attached hydrogens (tertiary/aromatic N) is 1. The van der Waals surface area contributed by atoms with Crippen LogP contribution in [-0.4, -0.2) is 11.1 Å². The van der Waals surface area contributed by atoms with Gasteiger partial charge in [-0.3, -0.25) is 4.79 Å². The van der Waals surface area contributed by atoms with Gasteiger partial charge in [0.2, 0.25) is 5.91 Å². The number of rotatable bonds is 6. The minimum atomic E-state index is -4.45. The number of carbonyl (C=O) groups excluding carboxylic acids is 1. The molecule has 1 aromatic heterocycles. The third-order valence-corrected chi connectivity index (χ3v) is 4.39. The second kappa shape index (κ2) is 8.29. The van der Waals surface area contributed by atoms with Gasteiger partial charge in [0, 0.05) is 24.1 Å². The molecule has 0 aliphatic carbocycles. The van der Waals surface area contributed by atoms with Gasteiger partial charge in [0.1, 0.15) is 12.0 Å². The fourth-order valence-corrected chi connectivity index (χ4v) is 2.87. The molecule has 0 atom stereocenters. The molecule has 1 N–H and O–H groups in total. The lowest BCUT2D eigenvalue weighted by Crippen LogP contribution is -2.24. The van der Waals surface area contributed by atoms with Crippen molar-refractivity contribution in [3.63, 3.8) is 0 Å². The molecular formula is C21H19F3N2O2. The molecule has 0 saturated carbocycles. The molecule has 4 nitrogen and oxygen atoms in total. The molecule has 1 amide bonds. The first kappa shape index (κ1) is 19.7. The third-order valence-electron chi connectivity index (χ3n) is 4.39. The van der Waals surface area contributed by atoms with Crippen LogP contribution in [0.15, 0.2) is 59.3 Å². The molecule has 0 aliphatic rings. The van der Waals surface area contributed by atoms with E-state index in [0.29, 0.717) is 12.1 Å². The zero-order valence-corrected chi connectivity index (χ0v) is 15.2. The van der Waals surface area contributed by atoms with E-state index in [-0.39, 0.29) is 24.4 Å². The van der Waals surface area contributed by atoms with E-state index in [1.54, 1.807) is 0 Å². The van der Waals surface area contributed by atoms with Crippen LogP contribution in [0, 0.1) is 6.92 Å². The second-order valence-electron chi connectivity index (χ2n) is 6.49.